The predicted molar refractivity (Wildman–Crippen MR) is 83.1 cm³/mol. The Morgan fingerprint density at radius 3 is 2.45 bits per heavy atom. The van der Waals surface area contributed by atoms with E-state index in [4.69, 9.17) is 21.1 Å². The van der Waals surface area contributed by atoms with Gasteiger partial charge in [0.25, 0.3) is 5.91 Å². The fourth-order valence-electron chi connectivity index (χ4n) is 2.13. The minimum absolute atomic E-state index is 0.188. The van der Waals surface area contributed by atoms with E-state index in [1.54, 1.807) is 12.1 Å². The summed E-state index contributed by atoms with van der Waals surface area (Å²) >= 11 is 6.18. The van der Waals surface area contributed by atoms with Crippen LogP contribution in [0.5, 0.6) is 11.5 Å². The highest BCUT2D eigenvalue weighted by Gasteiger charge is 2.32. The summed E-state index contributed by atoms with van der Waals surface area (Å²) < 4.78 is 10.4. The molecule has 0 unspecified atom stereocenters. The second kappa shape index (κ2) is 6.70. The molecule has 1 fully saturated rings. The molecular formula is C15H17ClN2O4. The molecule has 0 aromatic heterocycles. The van der Waals surface area contributed by atoms with Gasteiger partial charge in [-0.1, -0.05) is 18.5 Å². The molecule has 0 saturated carbocycles. The number of imide groups is 1. The highest BCUT2D eigenvalue weighted by Crippen LogP contribution is 2.34. The van der Waals surface area contributed by atoms with Crippen LogP contribution in [0.4, 0.5) is 4.79 Å². The Labute approximate surface area is 133 Å². The first kappa shape index (κ1) is 16.2. The second-order valence-corrected chi connectivity index (χ2v) is 5.08. The van der Waals surface area contributed by atoms with Crippen LogP contribution in [0.15, 0.2) is 17.8 Å². The molecule has 0 aliphatic carbocycles. The lowest BCUT2D eigenvalue weighted by Crippen LogP contribution is -2.31. The van der Waals surface area contributed by atoms with Crippen molar-refractivity contribution in [2.45, 2.75) is 13.3 Å². The van der Waals surface area contributed by atoms with E-state index in [0.29, 0.717) is 35.1 Å². The fraction of sp³-hybridized carbons (Fsp3) is 0.333. The number of methoxy groups -OCH3 is 2. The summed E-state index contributed by atoms with van der Waals surface area (Å²) in [5, 5.41) is 2.94. The number of benzene rings is 1. The Balaban J connectivity index is 2.37. The molecule has 6 nitrogen and oxygen atoms in total. The van der Waals surface area contributed by atoms with Crippen LogP contribution >= 0.6 is 11.6 Å². The maximum Gasteiger partial charge on any atom is 0.329 e. The Hall–Kier alpha value is -2.21. The van der Waals surface area contributed by atoms with Gasteiger partial charge in [-0.05, 0) is 24.1 Å². The number of ether oxygens (including phenoxy) is 2. The monoisotopic (exact) mass is 324 g/mol. The molecule has 3 amide bonds. The summed E-state index contributed by atoms with van der Waals surface area (Å²) in [5.74, 6) is 0.614. The van der Waals surface area contributed by atoms with Crippen LogP contribution < -0.4 is 14.8 Å². The number of halogens is 1. The van der Waals surface area contributed by atoms with Gasteiger partial charge in [0.15, 0.2) is 11.5 Å². The second-order valence-electron chi connectivity index (χ2n) is 4.67. The largest absolute Gasteiger partial charge is 0.493 e. The maximum atomic E-state index is 12.2. The van der Waals surface area contributed by atoms with Crippen LogP contribution in [0.3, 0.4) is 0 Å². The molecule has 0 atom stereocenters. The van der Waals surface area contributed by atoms with Crippen LogP contribution in [-0.4, -0.2) is 37.6 Å². The molecule has 1 aliphatic rings. The van der Waals surface area contributed by atoms with Crippen molar-refractivity contribution in [2.75, 3.05) is 20.8 Å². The quantitative estimate of drug-likeness (QED) is 0.668. The minimum atomic E-state index is -0.422. The van der Waals surface area contributed by atoms with Gasteiger partial charge < -0.3 is 14.8 Å². The average Bonchev–Trinajstić information content (AvgIpc) is 2.76. The molecule has 0 radical (unpaired) electrons. The number of carbonyl (C=O) groups excluding carboxylic acids is 2. The van der Waals surface area contributed by atoms with E-state index in [0.717, 1.165) is 0 Å². The third kappa shape index (κ3) is 3.01. The molecule has 1 aliphatic heterocycles. The highest BCUT2D eigenvalue weighted by atomic mass is 35.5. The number of hydrogen-bond donors (Lipinski definition) is 1. The third-order valence-electron chi connectivity index (χ3n) is 3.21. The molecule has 2 rings (SSSR count). The summed E-state index contributed by atoms with van der Waals surface area (Å²) in [7, 11) is 3.02. The number of amides is 3. The summed E-state index contributed by atoms with van der Waals surface area (Å²) in [5.41, 5.74) is 0.744. The van der Waals surface area contributed by atoms with Crippen LogP contribution in [0.2, 0.25) is 5.02 Å². The number of rotatable bonds is 5. The lowest BCUT2D eigenvalue weighted by atomic mass is 10.1. The number of hydrogen-bond acceptors (Lipinski definition) is 4. The maximum absolute atomic E-state index is 12.2. The molecule has 1 aromatic carbocycles. The van der Waals surface area contributed by atoms with Crippen molar-refractivity contribution in [3.05, 3.63) is 28.4 Å². The molecule has 0 spiro atoms. The van der Waals surface area contributed by atoms with Crippen molar-refractivity contribution < 1.29 is 19.1 Å². The van der Waals surface area contributed by atoms with Crippen molar-refractivity contribution in [2.24, 2.45) is 0 Å². The van der Waals surface area contributed by atoms with E-state index in [9.17, 15) is 9.59 Å². The molecule has 1 aromatic rings. The molecular weight excluding hydrogens is 308 g/mol. The Bertz CT molecular complexity index is 643. The lowest BCUT2D eigenvalue weighted by Gasteiger charge is -2.10. The van der Waals surface area contributed by atoms with Crippen LogP contribution in [-0.2, 0) is 4.79 Å². The van der Waals surface area contributed by atoms with E-state index < -0.39 is 6.03 Å². The third-order valence-corrected chi connectivity index (χ3v) is 3.54. The van der Waals surface area contributed by atoms with Crippen LogP contribution in [0.1, 0.15) is 18.9 Å². The fourth-order valence-corrected chi connectivity index (χ4v) is 2.34. The van der Waals surface area contributed by atoms with Crippen molar-refractivity contribution in [1.29, 1.82) is 0 Å². The molecule has 22 heavy (non-hydrogen) atoms. The topological polar surface area (TPSA) is 67.9 Å². The van der Waals surface area contributed by atoms with Crippen molar-refractivity contribution in [1.82, 2.24) is 10.2 Å². The van der Waals surface area contributed by atoms with Crippen molar-refractivity contribution in [3.63, 3.8) is 0 Å². The zero-order valence-electron chi connectivity index (χ0n) is 12.6. The molecule has 7 heteroatoms. The number of nitrogens with one attached hydrogen (secondary N) is 1. The Morgan fingerprint density at radius 1 is 1.23 bits per heavy atom. The van der Waals surface area contributed by atoms with Gasteiger partial charge in [0.2, 0.25) is 0 Å². The van der Waals surface area contributed by atoms with Gasteiger partial charge in [0.05, 0.1) is 19.2 Å². The number of urea groups is 1. The standard InChI is InChI=1S/C15H17ClN2O4/c1-4-5-18-14(19)11(17-15(18)20)6-9-7-12(21-2)13(22-3)8-10(9)16/h6-8H,4-5H2,1-3H3,(H,17,20)/b11-6+. The van der Waals surface area contributed by atoms with Crippen LogP contribution in [0.25, 0.3) is 6.08 Å². The first-order chi connectivity index (χ1) is 10.5. The minimum Gasteiger partial charge on any atom is -0.493 e. The molecule has 1 saturated heterocycles. The smallest absolute Gasteiger partial charge is 0.329 e. The van der Waals surface area contributed by atoms with E-state index in [2.05, 4.69) is 5.32 Å². The Morgan fingerprint density at radius 2 is 1.86 bits per heavy atom. The predicted octanol–water partition coefficient (Wildman–Crippen LogP) is 2.66. The first-order valence-corrected chi connectivity index (χ1v) is 7.15. The summed E-state index contributed by atoms with van der Waals surface area (Å²) in [6, 6.07) is 2.82. The van der Waals surface area contributed by atoms with Crippen LogP contribution in [0, 0.1) is 0 Å². The van der Waals surface area contributed by atoms with Gasteiger partial charge >= 0.3 is 6.03 Å². The van der Waals surface area contributed by atoms with Gasteiger partial charge in [0, 0.05) is 12.6 Å². The van der Waals surface area contributed by atoms with E-state index >= 15 is 0 Å². The number of carbonyl (C=O) groups is 2. The molecule has 0 bridgehead atoms. The molecule has 1 heterocycles. The van der Waals surface area contributed by atoms with E-state index in [1.165, 1.54) is 25.2 Å². The van der Waals surface area contributed by atoms with Crippen molar-refractivity contribution >= 4 is 29.6 Å². The van der Waals surface area contributed by atoms with E-state index in [1.807, 2.05) is 6.92 Å². The van der Waals surface area contributed by atoms with Gasteiger partial charge in [-0.15, -0.1) is 0 Å². The number of nitrogens with zero attached hydrogens (tertiary/aromatic N) is 1. The van der Waals surface area contributed by atoms with E-state index in [-0.39, 0.29) is 11.6 Å². The summed E-state index contributed by atoms with van der Waals surface area (Å²) in [6.45, 7) is 2.27. The molecule has 118 valence electrons. The zero-order chi connectivity index (χ0) is 16.3. The molecule has 1 N–H and O–H groups in total. The van der Waals surface area contributed by atoms with Gasteiger partial charge in [-0.2, -0.15) is 0 Å². The average molecular weight is 325 g/mol. The lowest BCUT2D eigenvalue weighted by molar-refractivity contribution is -0.122. The van der Waals surface area contributed by atoms with Gasteiger partial charge in [-0.25, -0.2) is 4.79 Å². The normalized spacial score (nSPS) is 16.2. The highest BCUT2D eigenvalue weighted by molar-refractivity contribution is 6.32. The van der Waals surface area contributed by atoms with Crippen molar-refractivity contribution in [3.8, 4) is 11.5 Å². The summed E-state index contributed by atoms with van der Waals surface area (Å²) in [4.78, 5) is 25.1. The summed E-state index contributed by atoms with van der Waals surface area (Å²) in [6.07, 6.45) is 2.23. The first-order valence-electron chi connectivity index (χ1n) is 6.77. The Kier molecular flexibility index (Phi) is 4.92. The SMILES string of the molecule is CCCN1C(=O)N/C(=C/c2cc(OC)c(OC)cc2Cl)C1=O. The van der Waals surface area contributed by atoms with Gasteiger partial charge in [0.1, 0.15) is 5.70 Å². The van der Waals surface area contributed by atoms with Gasteiger partial charge in [-0.3, -0.25) is 9.69 Å². The zero-order valence-corrected chi connectivity index (χ0v) is 13.4.